The highest BCUT2D eigenvalue weighted by molar-refractivity contribution is 4.91. The second-order valence-electron chi connectivity index (χ2n) is 4.04. The molecule has 0 spiro atoms. The second kappa shape index (κ2) is 3.75. The van der Waals surface area contributed by atoms with Crippen LogP contribution in [0.3, 0.4) is 0 Å². The maximum absolute atomic E-state index is 3.62. The first-order chi connectivity index (χ1) is 5.92. The Hall–Kier alpha value is -0.0800. The van der Waals surface area contributed by atoms with E-state index in [2.05, 4.69) is 17.1 Å². The van der Waals surface area contributed by atoms with Crippen LogP contribution in [0.2, 0.25) is 0 Å². The summed E-state index contributed by atoms with van der Waals surface area (Å²) in [6, 6.07) is 1.67. The van der Waals surface area contributed by atoms with Gasteiger partial charge in [-0.15, -0.1) is 0 Å². The maximum Gasteiger partial charge on any atom is 0.0249 e. The number of likely N-dealkylation sites (tertiary alicyclic amines) is 1. The van der Waals surface area contributed by atoms with E-state index in [1.807, 2.05) is 0 Å². The third-order valence-electron chi connectivity index (χ3n) is 3.38. The van der Waals surface area contributed by atoms with Gasteiger partial charge in [0.25, 0.3) is 0 Å². The van der Waals surface area contributed by atoms with Crippen molar-refractivity contribution in [3.8, 4) is 0 Å². The molecule has 0 aromatic rings. The van der Waals surface area contributed by atoms with Crippen LogP contribution >= 0.6 is 0 Å². The Balaban J connectivity index is 1.92. The molecule has 2 rings (SSSR count). The topological polar surface area (TPSA) is 15.3 Å². The van der Waals surface area contributed by atoms with Crippen LogP contribution in [-0.2, 0) is 0 Å². The quantitative estimate of drug-likeness (QED) is 0.667. The molecule has 2 heterocycles. The van der Waals surface area contributed by atoms with Crippen LogP contribution in [0.5, 0.6) is 0 Å². The molecule has 2 nitrogen and oxygen atoms in total. The molecule has 0 aliphatic carbocycles. The van der Waals surface area contributed by atoms with Crippen LogP contribution in [-0.4, -0.2) is 36.6 Å². The summed E-state index contributed by atoms with van der Waals surface area (Å²) >= 11 is 0. The minimum Gasteiger partial charge on any atom is -0.312 e. The first-order valence-corrected chi connectivity index (χ1v) is 5.39. The molecule has 0 aromatic carbocycles. The van der Waals surface area contributed by atoms with Crippen LogP contribution in [0, 0.1) is 0 Å². The van der Waals surface area contributed by atoms with Gasteiger partial charge in [-0.2, -0.15) is 0 Å². The molecule has 2 heteroatoms. The van der Waals surface area contributed by atoms with Crippen molar-refractivity contribution in [2.24, 2.45) is 0 Å². The van der Waals surface area contributed by atoms with Gasteiger partial charge in [-0.25, -0.2) is 0 Å². The van der Waals surface area contributed by atoms with Gasteiger partial charge in [0.1, 0.15) is 0 Å². The van der Waals surface area contributed by atoms with Crippen LogP contribution in [0.4, 0.5) is 0 Å². The maximum atomic E-state index is 3.62. The van der Waals surface area contributed by atoms with Gasteiger partial charge in [0.15, 0.2) is 0 Å². The summed E-state index contributed by atoms with van der Waals surface area (Å²) in [7, 11) is 0. The lowest BCUT2D eigenvalue weighted by Gasteiger charge is -2.28. The normalized spacial score (nSPS) is 37.8. The highest BCUT2D eigenvalue weighted by atomic mass is 15.2. The SMILES string of the molecule is CCN1CCC[C@H]1[C@H]1CCCN1. The molecule has 0 bridgehead atoms. The summed E-state index contributed by atoms with van der Waals surface area (Å²) < 4.78 is 0. The van der Waals surface area contributed by atoms with E-state index in [0.29, 0.717) is 0 Å². The van der Waals surface area contributed by atoms with E-state index in [9.17, 15) is 0 Å². The molecule has 0 saturated carbocycles. The van der Waals surface area contributed by atoms with Crippen molar-refractivity contribution >= 4 is 0 Å². The van der Waals surface area contributed by atoms with E-state index in [4.69, 9.17) is 0 Å². The van der Waals surface area contributed by atoms with Gasteiger partial charge in [-0.1, -0.05) is 6.92 Å². The standard InChI is InChI=1S/C10H20N2/c1-2-12-8-4-6-10(12)9-5-3-7-11-9/h9-11H,2-8H2,1H3/t9-,10+/m1/s1. The lowest BCUT2D eigenvalue weighted by molar-refractivity contribution is 0.225. The first kappa shape index (κ1) is 8.52. The Bertz CT molecular complexity index is 141. The van der Waals surface area contributed by atoms with Gasteiger partial charge in [0.05, 0.1) is 0 Å². The number of nitrogens with one attached hydrogen (secondary N) is 1. The third kappa shape index (κ3) is 1.50. The van der Waals surface area contributed by atoms with Crippen molar-refractivity contribution < 1.29 is 0 Å². The Morgan fingerprint density at radius 3 is 2.92 bits per heavy atom. The zero-order chi connectivity index (χ0) is 8.39. The van der Waals surface area contributed by atoms with Gasteiger partial charge >= 0.3 is 0 Å². The predicted octanol–water partition coefficient (Wildman–Crippen LogP) is 1.22. The summed E-state index contributed by atoms with van der Waals surface area (Å²) in [5.74, 6) is 0. The average molecular weight is 168 g/mol. The third-order valence-corrected chi connectivity index (χ3v) is 3.38. The van der Waals surface area contributed by atoms with Crippen LogP contribution in [0.1, 0.15) is 32.6 Å². The fourth-order valence-corrected chi connectivity index (χ4v) is 2.74. The van der Waals surface area contributed by atoms with E-state index < -0.39 is 0 Å². The zero-order valence-corrected chi connectivity index (χ0v) is 8.05. The molecule has 0 radical (unpaired) electrons. The van der Waals surface area contributed by atoms with Crippen LogP contribution in [0.15, 0.2) is 0 Å². The molecule has 2 aliphatic heterocycles. The van der Waals surface area contributed by atoms with E-state index in [0.717, 1.165) is 12.1 Å². The van der Waals surface area contributed by atoms with Crippen LogP contribution in [0.25, 0.3) is 0 Å². The van der Waals surface area contributed by atoms with Gasteiger partial charge in [-0.05, 0) is 45.3 Å². The summed E-state index contributed by atoms with van der Waals surface area (Å²) in [6.45, 7) is 6.11. The monoisotopic (exact) mass is 168 g/mol. The molecule has 1 N–H and O–H groups in total. The number of nitrogens with zero attached hydrogens (tertiary/aromatic N) is 1. The van der Waals surface area contributed by atoms with E-state index in [1.165, 1.54) is 45.3 Å². The molecular formula is C10H20N2. The highest BCUT2D eigenvalue weighted by Gasteiger charge is 2.31. The molecule has 2 aliphatic rings. The molecule has 0 amide bonds. The molecule has 2 saturated heterocycles. The Kier molecular flexibility index (Phi) is 2.66. The summed E-state index contributed by atoms with van der Waals surface area (Å²) in [6.07, 6.45) is 5.63. The Morgan fingerprint density at radius 1 is 1.33 bits per heavy atom. The van der Waals surface area contributed by atoms with E-state index >= 15 is 0 Å². The summed E-state index contributed by atoms with van der Waals surface area (Å²) in [5.41, 5.74) is 0. The van der Waals surface area contributed by atoms with Crippen molar-refractivity contribution in [3.63, 3.8) is 0 Å². The van der Waals surface area contributed by atoms with Crippen molar-refractivity contribution in [3.05, 3.63) is 0 Å². The van der Waals surface area contributed by atoms with Gasteiger partial charge in [0, 0.05) is 12.1 Å². The van der Waals surface area contributed by atoms with Crippen molar-refractivity contribution in [1.29, 1.82) is 0 Å². The minimum atomic E-state index is 0.812. The van der Waals surface area contributed by atoms with Crippen molar-refractivity contribution in [2.75, 3.05) is 19.6 Å². The molecule has 2 fully saturated rings. The van der Waals surface area contributed by atoms with Crippen LogP contribution < -0.4 is 5.32 Å². The van der Waals surface area contributed by atoms with E-state index in [1.54, 1.807) is 0 Å². The number of rotatable bonds is 2. The second-order valence-corrected chi connectivity index (χ2v) is 4.04. The summed E-state index contributed by atoms with van der Waals surface area (Å²) in [5, 5.41) is 3.62. The lowest BCUT2D eigenvalue weighted by atomic mass is 10.0. The van der Waals surface area contributed by atoms with Gasteiger partial charge in [-0.3, -0.25) is 4.90 Å². The zero-order valence-electron chi connectivity index (χ0n) is 8.05. The average Bonchev–Trinajstić information content (AvgIpc) is 2.74. The number of hydrogen-bond donors (Lipinski definition) is 1. The molecule has 0 aromatic heterocycles. The fourth-order valence-electron chi connectivity index (χ4n) is 2.74. The Morgan fingerprint density at radius 2 is 2.25 bits per heavy atom. The van der Waals surface area contributed by atoms with Gasteiger partial charge in [0.2, 0.25) is 0 Å². The van der Waals surface area contributed by atoms with Crippen molar-refractivity contribution in [2.45, 2.75) is 44.7 Å². The predicted molar refractivity (Wildman–Crippen MR) is 51.3 cm³/mol. The molecular weight excluding hydrogens is 148 g/mol. The largest absolute Gasteiger partial charge is 0.312 e. The smallest absolute Gasteiger partial charge is 0.0249 e. The van der Waals surface area contributed by atoms with Crippen molar-refractivity contribution in [1.82, 2.24) is 10.2 Å². The number of hydrogen-bond acceptors (Lipinski definition) is 2. The molecule has 70 valence electrons. The molecule has 2 atom stereocenters. The number of likely N-dealkylation sites (N-methyl/N-ethyl adjacent to an activating group) is 1. The van der Waals surface area contributed by atoms with E-state index in [-0.39, 0.29) is 0 Å². The molecule has 0 unspecified atom stereocenters. The minimum absolute atomic E-state index is 0.812. The fraction of sp³-hybridized carbons (Fsp3) is 1.00. The molecule has 12 heavy (non-hydrogen) atoms. The van der Waals surface area contributed by atoms with Gasteiger partial charge < -0.3 is 5.32 Å². The highest BCUT2D eigenvalue weighted by Crippen LogP contribution is 2.23. The lowest BCUT2D eigenvalue weighted by Crippen LogP contribution is -2.43. The Labute approximate surface area is 75.3 Å². The first-order valence-electron chi connectivity index (χ1n) is 5.39. The summed E-state index contributed by atoms with van der Waals surface area (Å²) in [4.78, 5) is 2.64.